The number of aromatic nitrogens is 3. The molecule has 0 radical (unpaired) electrons. The highest BCUT2D eigenvalue weighted by Crippen LogP contribution is 2.19. The fourth-order valence-corrected chi connectivity index (χ4v) is 1.71. The summed E-state index contributed by atoms with van der Waals surface area (Å²) >= 11 is 5.87. The van der Waals surface area contributed by atoms with Crippen molar-refractivity contribution < 1.29 is 0 Å². The first kappa shape index (κ1) is 9.12. The van der Waals surface area contributed by atoms with Crippen LogP contribution in [-0.2, 0) is 6.54 Å². The van der Waals surface area contributed by atoms with Crippen molar-refractivity contribution in [3.63, 3.8) is 0 Å². The van der Waals surface area contributed by atoms with Crippen LogP contribution in [0.4, 0.5) is 0 Å². The molecule has 0 amide bonds. The molecule has 1 N–H and O–H groups in total. The molecule has 1 fully saturated rings. The Bertz CT molecular complexity index is 489. The molecule has 78 valence electrons. The summed E-state index contributed by atoms with van der Waals surface area (Å²) in [5.74, 6) is 0.938. The summed E-state index contributed by atoms with van der Waals surface area (Å²) in [7, 11) is 0. The maximum Gasteiger partial charge on any atom is 0.162 e. The van der Waals surface area contributed by atoms with Crippen LogP contribution in [0.25, 0.3) is 5.65 Å². The second-order valence-electron chi connectivity index (χ2n) is 3.84. The van der Waals surface area contributed by atoms with Gasteiger partial charge in [-0.1, -0.05) is 11.6 Å². The Morgan fingerprint density at radius 2 is 2.33 bits per heavy atom. The SMILES string of the molecule is Clc1ccn2c(CNC3CC3)nnc2c1. The molecule has 1 aliphatic rings. The average Bonchev–Trinajstić information content (AvgIpc) is 2.97. The van der Waals surface area contributed by atoms with Crippen LogP contribution in [0, 0.1) is 0 Å². The fraction of sp³-hybridized carbons (Fsp3) is 0.400. The van der Waals surface area contributed by atoms with Gasteiger partial charge in [-0.15, -0.1) is 10.2 Å². The number of pyridine rings is 1. The smallest absolute Gasteiger partial charge is 0.162 e. The first-order valence-electron chi connectivity index (χ1n) is 5.05. The number of rotatable bonds is 3. The number of fused-ring (bicyclic) bond motifs is 1. The van der Waals surface area contributed by atoms with Crippen LogP contribution in [0.2, 0.25) is 5.02 Å². The Labute approximate surface area is 92.3 Å². The van der Waals surface area contributed by atoms with Gasteiger partial charge in [0.05, 0.1) is 6.54 Å². The van der Waals surface area contributed by atoms with Crippen LogP contribution < -0.4 is 5.32 Å². The molecule has 5 heteroatoms. The lowest BCUT2D eigenvalue weighted by atomic mass is 10.4. The largest absolute Gasteiger partial charge is 0.307 e. The van der Waals surface area contributed by atoms with Crippen LogP contribution in [-0.4, -0.2) is 20.6 Å². The zero-order chi connectivity index (χ0) is 10.3. The molecule has 0 spiro atoms. The van der Waals surface area contributed by atoms with Crippen LogP contribution in [0.15, 0.2) is 18.3 Å². The van der Waals surface area contributed by atoms with Crippen molar-refractivity contribution in [2.75, 3.05) is 0 Å². The Hall–Kier alpha value is -1.13. The van der Waals surface area contributed by atoms with E-state index in [1.165, 1.54) is 12.8 Å². The van der Waals surface area contributed by atoms with Gasteiger partial charge in [0.2, 0.25) is 0 Å². The molecule has 0 unspecified atom stereocenters. The molecular weight excluding hydrogens is 212 g/mol. The summed E-state index contributed by atoms with van der Waals surface area (Å²) in [5, 5.41) is 12.3. The minimum atomic E-state index is 0.685. The van der Waals surface area contributed by atoms with E-state index in [0.29, 0.717) is 11.1 Å². The lowest BCUT2D eigenvalue weighted by Crippen LogP contribution is -2.17. The maximum atomic E-state index is 5.87. The first-order chi connectivity index (χ1) is 7.33. The van der Waals surface area contributed by atoms with Gasteiger partial charge in [-0.2, -0.15) is 0 Å². The van der Waals surface area contributed by atoms with Crippen molar-refractivity contribution in [2.24, 2.45) is 0 Å². The molecule has 2 aromatic rings. The van der Waals surface area contributed by atoms with Crippen molar-refractivity contribution >= 4 is 17.2 Å². The minimum Gasteiger partial charge on any atom is -0.307 e. The number of hydrogen-bond donors (Lipinski definition) is 1. The van der Waals surface area contributed by atoms with Gasteiger partial charge in [-0.25, -0.2) is 0 Å². The van der Waals surface area contributed by atoms with Gasteiger partial charge in [0.25, 0.3) is 0 Å². The van der Waals surface area contributed by atoms with Gasteiger partial charge in [0.15, 0.2) is 11.5 Å². The molecule has 1 aliphatic carbocycles. The highest BCUT2D eigenvalue weighted by Gasteiger charge is 2.20. The predicted octanol–water partition coefficient (Wildman–Crippen LogP) is 1.63. The molecule has 0 aliphatic heterocycles. The lowest BCUT2D eigenvalue weighted by molar-refractivity contribution is 0.652. The number of halogens is 1. The predicted molar refractivity (Wildman–Crippen MR) is 57.9 cm³/mol. The van der Waals surface area contributed by atoms with Crippen molar-refractivity contribution in [3.05, 3.63) is 29.2 Å². The first-order valence-corrected chi connectivity index (χ1v) is 5.43. The van der Waals surface area contributed by atoms with E-state index >= 15 is 0 Å². The molecule has 0 aromatic carbocycles. The Balaban J connectivity index is 1.89. The van der Waals surface area contributed by atoms with Crippen LogP contribution in [0.3, 0.4) is 0 Å². The molecule has 2 heterocycles. The van der Waals surface area contributed by atoms with Crippen LogP contribution >= 0.6 is 11.6 Å². The second kappa shape index (κ2) is 3.47. The Morgan fingerprint density at radius 1 is 1.47 bits per heavy atom. The van der Waals surface area contributed by atoms with E-state index in [1.54, 1.807) is 0 Å². The van der Waals surface area contributed by atoms with Crippen molar-refractivity contribution in [3.8, 4) is 0 Å². The van der Waals surface area contributed by atoms with Gasteiger partial charge < -0.3 is 5.32 Å². The fourth-order valence-electron chi connectivity index (χ4n) is 1.56. The molecule has 0 atom stereocenters. The van der Waals surface area contributed by atoms with E-state index in [2.05, 4.69) is 15.5 Å². The van der Waals surface area contributed by atoms with Crippen LogP contribution in [0.1, 0.15) is 18.7 Å². The summed E-state index contributed by atoms with van der Waals surface area (Å²) in [6.07, 6.45) is 4.46. The van der Waals surface area contributed by atoms with E-state index in [9.17, 15) is 0 Å². The zero-order valence-electron chi connectivity index (χ0n) is 8.15. The second-order valence-corrected chi connectivity index (χ2v) is 4.28. The number of nitrogens with one attached hydrogen (secondary N) is 1. The van der Waals surface area contributed by atoms with Gasteiger partial charge in [-0.05, 0) is 18.9 Å². The van der Waals surface area contributed by atoms with E-state index < -0.39 is 0 Å². The van der Waals surface area contributed by atoms with E-state index in [0.717, 1.165) is 18.0 Å². The standard InChI is InChI=1S/C10H11ClN4/c11-7-3-4-15-9(5-7)13-14-10(15)6-12-8-1-2-8/h3-5,8,12H,1-2,6H2. The minimum absolute atomic E-state index is 0.685. The average molecular weight is 223 g/mol. The van der Waals surface area contributed by atoms with Crippen molar-refractivity contribution in [1.29, 1.82) is 0 Å². The summed E-state index contributed by atoms with van der Waals surface area (Å²) < 4.78 is 1.96. The van der Waals surface area contributed by atoms with Gasteiger partial charge in [0.1, 0.15) is 0 Å². The summed E-state index contributed by atoms with van der Waals surface area (Å²) in [4.78, 5) is 0. The van der Waals surface area contributed by atoms with Crippen molar-refractivity contribution in [2.45, 2.75) is 25.4 Å². The topological polar surface area (TPSA) is 42.2 Å². The Morgan fingerprint density at radius 3 is 3.13 bits per heavy atom. The van der Waals surface area contributed by atoms with E-state index in [4.69, 9.17) is 11.6 Å². The molecule has 3 rings (SSSR count). The molecule has 15 heavy (non-hydrogen) atoms. The normalized spacial score (nSPS) is 16.1. The van der Waals surface area contributed by atoms with Gasteiger partial charge in [0, 0.05) is 23.3 Å². The summed E-state index contributed by atoms with van der Waals surface area (Å²) in [6, 6.07) is 4.35. The van der Waals surface area contributed by atoms with Crippen molar-refractivity contribution in [1.82, 2.24) is 19.9 Å². The maximum absolute atomic E-state index is 5.87. The van der Waals surface area contributed by atoms with E-state index in [-0.39, 0.29) is 0 Å². The highest BCUT2D eigenvalue weighted by atomic mass is 35.5. The zero-order valence-corrected chi connectivity index (χ0v) is 8.91. The Kier molecular flexibility index (Phi) is 2.11. The quantitative estimate of drug-likeness (QED) is 0.859. The highest BCUT2D eigenvalue weighted by molar-refractivity contribution is 6.30. The third kappa shape index (κ3) is 1.82. The number of nitrogens with zero attached hydrogens (tertiary/aromatic N) is 3. The molecule has 1 saturated carbocycles. The molecule has 0 saturated heterocycles. The summed E-state index contributed by atoms with van der Waals surface area (Å²) in [5.41, 5.74) is 0.801. The lowest BCUT2D eigenvalue weighted by Gasteiger charge is -2.00. The van der Waals surface area contributed by atoms with Gasteiger partial charge in [-0.3, -0.25) is 4.40 Å². The molecule has 2 aromatic heterocycles. The van der Waals surface area contributed by atoms with Crippen LogP contribution in [0.5, 0.6) is 0 Å². The third-order valence-electron chi connectivity index (χ3n) is 2.57. The van der Waals surface area contributed by atoms with Gasteiger partial charge >= 0.3 is 0 Å². The molecule has 0 bridgehead atoms. The summed E-state index contributed by atoms with van der Waals surface area (Å²) in [6.45, 7) is 0.771. The third-order valence-corrected chi connectivity index (χ3v) is 2.80. The monoisotopic (exact) mass is 222 g/mol. The molecule has 4 nitrogen and oxygen atoms in total. The van der Waals surface area contributed by atoms with E-state index in [1.807, 2.05) is 22.7 Å². The number of hydrogen-bond acceptors (Lipinski definition) is 3. The molecular formula is C10H11ClN4.